The van der Waals surface area contributed by atoms with Gasteiger partial charge in [-0.25, -0.2) is 0 Å². The van der Waals surface area contributed by atoms with Crippen LogP contribution in [0, 0.1) is 41.0 Å². The largest absolute Gasteiger partial charge is 0.322 e. The van der Waals surface area contributed by atoms with Crippen LogP contribution in [-0.4, -0.2) is 15.8 Å². The van der Waals surface area contributed by atoms with Gasteiger partial charge in [0.2, 0.25) is 0 Å². The molecular formula is C16H15N3O5. The quantitative estimate of drug-likeness (QED) is 0.678. The maximum Gasteiger partial charge on any atom is 0.279 e. The van der Waals surface area contributed by atoms with Crippen molar-refractivity contribution in [1.29, 1.82) is 0 Å². The molecule has 8 nitrogen and oxygen atoms in total. The molecule has 0 radical (unpaired) electrons. The third-order valence-corrected chi connectivity index (χ3v) is 3.64. The first-order valence-corrected chi connectivity index (χ1v) is 7.02. The van der Waals surface area contributed by atoms with Gasteiger partial charge in [0.15, 0.2) is 0 Å². The van der Waals surface area contributed by atoms with Crippen LogP contribution >= 0.6 is 0 Å². The molecule has 0 saturated carbocycles. The summed E-state index contributed by atoms with van der Waals surface area (Å²) in [7, 11) is 0. The summed E-state index contributed by atoms with van der Waals surface area (Å²) in [6, 6.07) is 7.47. The van der Waals surface area contributed by atoms with Crippen molar-refractivity contribution in [2.75, 3.05) is 5.32 Å². The summed E-state index contributed by atoms with van der Waals surface area (Å²) in [5, 5.41) is 24.8. The highest BCUT2D eigenvalue weighted by atomic mass is 16.6. The standard InChI is InChI=1S/C16H15N3O5/c1-9-4-5-13(10(2)6-9)17-16(20)12-7-14(18(21)22)11(3)15(8-12)19(23)24/h4-8H,1-3H3,(H,17,20). The van der Waals surface area contributed by atoms with Gasteiger partial charge in [-0.05, 0) is 32.4 Å². The predicted molar refractivity (Wildman–Crippen MR) is 88.4 cm³/mol. The lowest BCUT2D eigenvalue weighted by atomic mass is 10.1. The molecule has 124 valence electrons. The third-order valence-electron chi connectivity index (χ3n) is 3.64. The van der Waals surface area contributed by atoms with Crippen LogP contribution in [0.2, 0.25) is 0 Å². The number of carbonyl (C=O) groups is 1. The molecule has 0 atom stereocenters. The Morgan fingerprint density at radius 1 is 0.958 bits per heavy atom. The summed E-state index contributed by atoms with van der Waals surface area (Å²) in [6.07, 6.45) is 0. The number of anilines is 1. The van der Waals surface area contributed by atoms with Gasteiger partial charge in [-0.1, -0.05) is 17.7 Å². The van der Waals surface area contributed by atoms with Crippen molar-refractivity contribution in [2.24, 2.45) is 0 Å². The van der Waals surface area contributed by atoms with E-state index in [1.165, 1.54) is 6.92 Å². The lowest BCUT2D eigenvalue weighted by Gasteiger charge is -2.10. The maximum atomic E-state index is 12.4. The van der Waals surface area contributed by atoms with Gasteiger partial charge in [-0.3, -0.25) is 25.0 Å². The fourth-order valence-corrected chi connectivity index (χ4v) is 2.34. The van der Waals surface area contributed by atoms with E-state index in [9.17, 15) is 25.0 Å². The van der Waals surface area contributed by atoms with Gasteiger partial charge in [-0.15, -0.1) is 0 Å². The zero-order valence-electron chi connectivity index (χ0n) is 13.3. The monoisotopic (exact) mass is 329 g/mol. The molecule has 8 heteroatoms. The van der Waals surface area contributed by atoms with Crippen molar-refractivity contribution in [3.05, 3.63) is 72.8 Å². The van der Waals surface area contributed by atoms with Gasteiger partial charge in [-0.2, -0.15) is 0 Å². The van der Waals surface area contributed by atoms with Gasteiger partial charge in [0.1, 0.15) is 5.56 Å². The minimum Gasteiger partial charge on any atom is -0.322 e. The van der Waals surface area contributed by atoms with Crippen molar-refractivity contribution in [1.82, 2.24) is 0 Å². The molecule has 0 aromatic heterocycles. The lowest BCUT2D eigenvalue weighted by molar-refractivity contribution is -0.395. The Kier molecular flexibility index (Phi) is 4.59. The molecule has 0 unspecified atom stereocenters. The number of carbonyl (C=O) groups excluding carboxylic acids is 1. The molecule has 2 aromatic carbocycles. The fraction of sp³-hybridized carbons (Fsp3) is 0.188. The molecule has 0 fully saturated rings. The number of hydrogen-bond donors (Lipinski definition) is 1. The summed E-state index contributed by atoms with van der Waals surface area (Å²) in [6.45, 7) is 5.00. The second-order valence-corrected chi connectivity index (χ2v) is 5.43. The SMILES string of the molecule is Cc1ccc(NC(=O)c2cc([N+](=O)[O-])c(C)c([N+](=O)[O-])c2)c(C)c1. The van der Waals surface area contributed by atoms with Gasteiger partial charge >= 0.3 is 0 Å². The normalized spacial score (nSPS) is 10.3. The van der Waals surface area contributed by atoms with Crippen molar-refractivity contribution >= 4 is 23.0 Å². The van der Waals surface area contributed by atoms with Crippen molar-refractivity contribution in [3.63, 3.8) is 0 Å². The van der Waals surface area contributed by atoms with Crippen LogP contribution in [0.5, 0.6) is 0 Å². The minimum atomic E-state index is -0.740. The van der Waals surface area contributed by atoms with Crippen LogP contribution in [0.3, 0.4) is 0 Å². The molecule has 2 aromatic rings. The molecule has 1 N–H and O–H groups in total. The summed E-state index contributed by atoms with van der Waals surface area (Å²) < 4.78 is 0. The van der Waals surface area contributed by atoms with Crippen molar-refractivity contribution in [2.45, 2.75) is 20.8 Å². The Morgan fingerprint density at radius 3 is 1.96 bits per heavy atom. The van der Waals surface area contributed by atoms with E-state index in [2.05, 4.69) is 5.32 Å². The zero-order valence-corrected chi connectivity index (χ0v) is 13.3. The number of benzene rings is 2. The number of nitro groups is 2. The minimum absolute atomic E-state index is 0.0898. The molecular weight excluding hydrogens is 314 g/mol. The topological polar surface area (TPSA) is 115 Å². The van der Waals surface area contributed by atoms with Gasteiger partial charge in [0.05, 0.1) is 15.4 Å². The highest BCUT2D eigenvalue weighted by Gasteiger charge is 2.25. The van der Waals surface area contributed by atoms with E-state index in [1.807, 2.05) is 26.0 Å². The van der Waals surface area contributed by atoms with E-state index in [-0.39, 0.29) is 11.1 Å². The molecule has 0 saturated heterocycles. The first kappa shape index (κ1) is 17.1. The third kappa shape index (κ3) is 3.37. The van der Waals surface area contributed by atoms with E-state index in [4.69, 9.17) is 0 Å². The summed E-state index contributed by atoms with van der Waals surface area (Å²) >= 11 is 0. The highest BCUT2D eigenvalue weighted by Crippen LogP contribution is 2.30. The summed E-state index contributed by atoms with van der Waals surface area (Å²) in [4.78, 5) is 33.0. The Labute approximate surface area is 137 Å². The van der Waals surface area contributed by atoms with E-state index < -0.39 is 27.1 Å². The molecule has 0 spiro atoms. The predicted octanol–water partition coefficient (Wildman–Crippen LogP) is 3.68. The summed E-state index contributed by atoms with van der Waals surface area (Å²) in [5.41, 5.74) is 1.22. The van der Waals surface area contributed by atoms with Gasteiger partial charge < -0.3 is 5.32 Å². The second kappa shape index (κ2) is 6.45. The van der Waals surface area contributed by atoms with Crippen molar-refractivity contribution < 1.29 is 14.6 Å². The van der Waals surface area contributed by atoms with Crippen LogP contribution in [0.4, 0.5) is 17.1 Å². The number of amides is 1. The number of aryl methyl sites for hydroxylation is 2. The van der Waals surface area contributed by atoms with Gasteiger partial charge in [0.25, 0.3) is 17.3 Å². The van der Waals surface area contributed by atoms with Crippen molar-refractivity contribution in [3.8, 4) is 0 Å². The van der Waals surface area contributed by atoms with Crippen LogP contribution in [0.1, 0.15) is 27.0 Å². The molecule has 2 rings (SSSR count). The molecule has 24 heavy (non-hydrogen) atoms. The Balaban J connectivity index is 2.45. The van der Waals surface area contributed by atoms with Crippen LogP contribution in [-0.2, 0) is 0 Å². The second-order valence-electron chi connectivity index (χ2n) is 5.43. The number of nitro benzene ring substituents is 2. The highest BCUT2D eigenvalue weighted by molar-refractivity contribution is 6.05. The van der Waals surface area contributed by atoms with Crippen LogP contribution in [0.15, 0.2) is 30.3 Å². The van der Waals surface area contributed by atoms with Crippen LogP contribution < -0.4 is 5.32 Å². The smallest absolute Gasteiger partial charge is 0.279 e. The average Bonchev–Trinajstić information content (AvgIpc) is 2.49. The Bertz CT molecular complexity index is 826. The fourth-order valence-electron chi connectivity index (χ4n) is 2.34. The van der Waals surface area contributed by atoms with E-state index in [0.717, 1.165) is 23.3 Å². The Morgan fingerprint density at radius 2 is 1.50 bits per heavy atom. The van der Waals surface area contributed by atoms with E-state index >= 15 is 0 Å². The number of hydrogen-bond acceptors (Lipinski definition) is 5. The zero-order chi connectivity index (χ0) is 18.0. The number of nitrogens with zero attached hydrogens (tertiary/aromatic N) is 2. The molecule has 1 amide bonds. The summed E-state index contributed by atoms with van der Waals surface area (Å²) in [5.74, 6) is -0.645. The molecule has 0 aliphatic heterocycles. The molecule has 0 aliphatic rings. The Hall–Kier alpha value is -3.29. The molecule has 0 bridgehead atoms. The number of rotatable bonds is 4. The van der Waals surface area contributed by atoms with Crippen LogP contribution in [0.25, 0.3) is 0 Å². The first-order valence-electron chi connectivity index (χ1n) is 7.02. The average molecular weight is 329 g/mol. The molecule has 0 heterocycles. The lowest BCUT2D eigenvalue weighted by Crippen LogP contribution is -2.14. The number of nitrogens with one attached hydrogen (secondary N) is 1. The van der Waals surface area contributed by atoms with E-state index in [1.54, 1.807) is 6.07 Å². The molecule has 0 aliphatic carbocycles. The first-order chi connectivity index (χ1) is 11.2. The van der Waals surface area contributed by atoms with E-state index in [0.29, 0.717) is 5.69 Å². The maximum absolute atomic E-state index is 12.4. The van der Waals surface area contributed by atoms with Gasteiger partial charge in [0, 0.05) is 17.8 Å².